The number of rotatable bonds is 8. The molecule has 2 N–H and O–H groups in total. The van der Waals surface area contributed by atoms with Crippen molar-refractivity contribution in [1.29, 1.82) is 0 Å². The highest BCUT2D eigenvalue weighted by Gasteiger charge is 2.09. The highest BCUT2D eigenvalue weighted by molar-refractivity contribution is 5.98. The Balaban J connectivity index is 2.28. The zero-order chi connectivity index (χ0) is 14.1. The van der Waals surface area contributed by atoms with Crippen molar-refractivity contribution in [2.75, 3.05) is 25.5 Å². The van der Waals surface area contributed by atoms with E-state index in [4.69, 9.17) is 4.74 Å². The van der Waals surface area contributed by atoms with Crippen LogP contribution in [0.15, 0.2) is 18.3 Å². The van der Waals surface area contributed by atoms with Gasteiger partial charge in [-0.2, -0.15) is 0 Å². The van der Waals surface area contributed by atoms with Crippen LogP contribution in [0.4, 0.5) is 5.82 Å². The molecule has 0 saturated carbocycles. The van der Waals surface area contributed by atoms with E-state index >= 15 is 0 Å². The predicted octanol–water partition coefficient (Wildman–Crippen LogP) is 2.06. The summed E-state index contributed by atoms with van der Waals surface area (Å²) in [6.07, 6.45) is 3.78. The van der Waals surface area contributed by atoms with Crippen molar-refractivity contribution in [3.63, 3.8) is 0 Å². The molecule has 1 heterocycles. The van der Waals surface area contributed by atoms with Crippen molar-refractivity contribution in [3.05, 3.63) is 23.9 Å². The molecule has 5 heteroatoms. The number of nitrogens with zero attached hydrogens (tertiary/aromatic N) is 1. The summed E-state index contributed by atoms with van der Waals surface area (Å²) in [6, 6.07) is 3.52. The van der Waals surface area contributed by atoms with E-state index in [-0.39, 0.29) is 12.0 Å². The number of aromatic nitrogens is 1. The Bertz CT molecular complexity index is 394. The average molecular weight is 265 g/mol. The first kappa shape index (κ1) is 15.4. The molecule has 0 unspecified atom stereocenters. The van der Waals surface area contributed by atoms with Crippen LogP contribution in [0.3, 0.4) is 0 Å². The number of nitrogens with one attached hydrogen (secondary N) is 2. The summed E-state index contributed by atoms with van der Waals surface area (Å²) in [7, 11) is 1.75. The minimum atomic E-state index is -0.0952. The maximum Gasteiger partial charge on any atom is 0.255 e. The molecule has 0 spiro atoms. The van der Waals surface area contributed by atoms with E-state index in [9.17, 15) is 4.79 Å². The van der Waals surface area contributed by atoms with Gasteiger partial charge in [-0.05, 0) is 38.8 Å². The third-order valence-electron chi connectivity index (χ3n) is 2.60. The quantitative estimate of drug-likeness (QED) is 0.706. The SMILES string of the molecule is CNc1ncccc1C(=O)NCCCCOC(C)C. The molecule has 1 aromatic rings. The van der Waals surface area contributed by atoms with E-state index in [0.717, 1.165) is 19.4 Å². The first-order chi connectivity index (χ1) is 9.15. The van der Waals surface area contributed by atoms with Crippen LogP contribution < -0.4 is 10.6 Å². The fraction of sp³-hybridized carbons (Fsp3) is 0.571. The summed E-state index contributed by atoms with van der Waals surface area (Å²) in [5, 5.41) is 5.80. The molecule has 0 saturated heterocycles. The lowest BCUT2D eigenvalue weighted by atomic mass is 10.2. The first-order valence-corrected chi connectivity index (χ1v) is 6.67. The van der Waals surface area contributed by atoms with Gasteiger partial charge in [0.25, 0.3) is 5.91 Å². The fourth-order valence-electron chi connectivity index (χ4n) is 1.63. The van der Waals surface area contributed by atoms with Gasteiger partial charge in [0.05, 0.1) is 11.7 Å². The summed E-state index contributed by atoms with van der Waals surface area (Å²) in [6.45, 7) is 5.42. The number of carbonyl (C=O) groups excluding carboxylic acids is 1. The van der Waals surface area contributed by atoms with Gasteiger partial charge >= 0.3 is 0 Å². The van der Waals surface area contributed by atoms with E-state index in [1.807, 2.05) is 13.8 Å². The van der Waals surface area contributed by atoms with Crippen molar-refractivity contribution in [2.24, 2.45) is 0 Å². The van der Waals surface area contributed by atoms with Gasteiger partial charge < -0.3 is 15.4 Å². The van der Waals surface area contributed by atoms with Crippen molar-refractivity contribution < 1.29 is 9.53 Å². The Morgan fingerprint density at radius 3 is 2.89 bits per heavy atom. The molecule has 0 aliphatic rings. The normalized spacial score (nSPS) is 10.5. The second-order valence-corrected chi connectivity index (χ2v) is 4.53. The van der Waals surface area contributed by atoms with Crippen molar-refractivity contribution in [2.45, 2.75) is 32.8 Å². The molecule has 5 nitrogen and oxygen atoms in total. The summed E-state index contributed by atoms with van der Waals surface area (Å²) in [5.41, 5.74) is 0.573. The molecule has 1 amide bonds. The molecule has 0 radical (unpaired) electrons. The van der Waals surface area contributed by atoms with Gasteiger partial charge in [-0.1, -0.05) is 0 Å². The standard InChI is InChI=1S/C14H23N3O2/c1-11(2)19-10-5-4-8-17-14(18)12-7-6-9-16-13(12)15-3/h6-7,9,11H,4-5,8,10H2,1-3H3,(H,15,16)(H,17,18). The Kier molecular flexibility index (Phi) is 6.89. The highest BCUT2D eigenvalue weighted by atomic mass is 16.5. The van der Waals surface area contributed by atoms with E-state index in [0.29, 0.717) is 17.9 Å². The average Bonchev–Trinajstić information content (AvgIpc) is 2.42. The lowest BCUT2D eigenvalue weighted by Crippen LogP contribution is -2.25. The zero-order valence-electron chi connectivity index (χ0n) is 11.9. The van der Waals surface area contributed by atoms with Gasteiger partial charge in [0, 0.05) is 26.4 Å². The Morgan fingerprint density at radius 1 is 1.42 bits per heavy atom. The molecule has 1 rings (SSSR count). The van der Waals surface area contributed by atoms with Gasteiger partial charge in [0.2, 0.25) is 0 Å². The first-order valence-electron chi connectivity index (χ1n) is 6.67. The third-order valence-corrected chi connectivity index (χ3v) is 2.60. The molecule has 106 valence electrons. The van der Waals surface area contributed by atoms with E-state index in [1.165, 1.54) is 0 Å². The lowest BCUT2D eigenvalue weighted by molar-refractivity contribution is 0.0754. The van der Waals surface area contributed by atoms with E-state index in [2.05, 4.69) is 15.6 Å². The van der Waals surface area contributed by atoms with Crippen molar-refractivity contribution >= 4 is 11.7 Å². The number of hydrogen-bond donors (Lipinski definition) is 2. The zero-order valence-corrected chi connectivity index (χ0v) is 11.9. The number of anilines is 1. The minimum Gasteiger partial charge on any atom is -0.379 e. The summed E-state index contributed by atoms with van der Waals surface area (Å²) < 4.78 is 5.44. The Morgan fingerprint density at radius 2 is 2.21 bits per heavy atom. The topological polar surface area (TPSA) is 63.2 Å². The molecule has 0 atom stereocenters. The van der Waals surface area contributed by atoms with Gasteiger partial charge in [-0.15, -0.1) is 0 Å². The fourth-order valence-corrected chi connectivity index (χ4v) is 1.63. The number of carbonyl (C=O) groups is 1. The molecular formula is C14H23N3O2. The maximum absolute atomic E-state index is 11.9. The predicted molar refractivity (Wildman–Crippen MR) is 76.4 cm³/mol. The molecule has 0 aliphatic heterocycles. The van der Waals surface area contributed by atoms with Crippen molar-refractivity contribution in [3.8, 4) is 0 Å². The molecule has 0 aliphatic carbocycles. The van der Waals surface area contributed by atoms with E-state index < -0.39 is 0 Å². The molecular weight excluding hydrogens is 242 g/mol. The van der Waals surface area contributed by atoms with Gasteiger partial charge in [0.15, 0.2) is 0 Å². The molecule has 0 aromatic carbocycles. The van der Waals surface area contributed by atoms with Crippen LogP contribution in [0, 0.1) is 0 Å². The molecule has 0 bridgehead atoms. The van der Waals surface area contributed by atoms with Crippen LogP contribution in [0.2, 0.25) is 0 Å². The number of hydrogen-bond acceptors (Lipinski definition) is 4. The Hall–Kier alpha value is -1.62. The number of ether oxygens (including phenoxy) is 1. The second kappa shape index (κ2) is 8.48. The van der Waals surface area contributed by atoms with Gasteiger partial charge in [0.1, 0.15) is 5.82 Å². The lowest BCUT2D eigenvalue weighted by Gasteiger charge is -2.09. The summed E-state index contributed by atoms with van der Waals surface area (Å²) in [4.78, 5) is 16.0. The third kappa shape index (κ3) is 5.70. The second-order valence-electron chi connectivity index (χ2n) is 4.53. The van der Waals surface area contributed by atoms with Crippen LogP contribution >= 0.6 is 0 Å². The van der Waals surface area contributed by atoms with Gasteiger partial charge in [-0.25, -0.2) is 4.98 Å². The minimum absolute atomic E-state index is 0.0952. The van der Waals surface area contributed by atoms with Gasteiger partial charge in [-0.3, -0.25) is 4.79 Å². The smallest absolute Gasteiger partial charge is 0.255 e. The monoisotopic (exact) mass is 265 g/mol. The largest absolute Gasteiger partial charge is 0.379 e. The summed E-state index contributed by atoms with van der Waals surface area (Å²) in [5.74, 6) is 0.505. The number of unbranched alkanes of at least 4 members (excludes halogenated alkanes) is 1. The molecule has 19 heavy (non-hydrogen) atoms. The van der Waals surface area contributed by atoms with Crippen molar-refractivity contribution in [1.82, 2.24) is 10.3 Å². The Labute approximate surface area is 114 Å². The molecule has 0 fully saturated rings. The summed E-state index contributed by atoms with van der Waals surface area (Å²) >= 11 is 0. The maximum atomic E-state index is 11.9. The van der Waals surface area contributed by atoms with Crippen LogP contribution in [-0.2, 0) is 4.74 Å². The number of pyridine rings is 1. The van der Waals surface area contributed by atoms with Crippen LogP contribution in [-0.4, -0.2) is 37.2 Å². The van der Waals surface area contributed by atoms with E-state index in [1.54, 1.807) is 25.4 Å². The van der Waals surface area contributed by atoms with Crippen LogP contribution in [0.1, 0.15) is 37.0 Å². The molecule has 1 aromatic heterocycles. The highest BCUT2D eigenvalue weighted by Crippen LogP contribution is 2.09. The number of amides is 1. The van der Waals surface area contributed by atoms with Crippen LogP contribution in [0.25, 0.3) is 0 Å². The van der Waals surface area contributed by atoms with Crippen LogP contribution in [0.5, 0.6) is 0 Å².